The second-order valence-corrected chi connectivity index (χ2v) is 3.94. The molecule has 0 radical (unpaired) electrons. The fourth-order valence-electron chi connectivity index (χ4n) is 1.27. The number of benzene rings is 1. The predicted octanol–water partition coefficient (Wildman–Crippen LogP) is -0.430. The van der Waals surface area contributed by atoms with Gasteiger partial charge in [-0.15, -0.1) is 0 Å². The number of amides is 1. The van der Waals surface area contributed by atoms with Gasteiger partial charge in [0.2, 0.25) is 0 Å². The number of nitrogens with one attached hydrogen (secondary N) is 2. The third kappa shape index (κ3) is 3.90. The van der Waals surface area contributed by atoms with Gasteiger partial charge in [0, 0.05) is 5.56 Å². The first-order chi connectivity index (χ1) is 7.63. The van der Waals surface area contributed by atoms with Crippen LogP contribution in [0, 0.1) is 0 Å². The number of ether oxygens (including phenoxy) is 1. The largest absolute Gasteiger partial charge is 0.497 e. The lowest BCUT2D eigenvalue weighted by Gasteiger charge is -2.08. The highest BCUT2D eigenvalue weighted by Crippen LogP contribution is 2.10. The number of hydrogen-bond acceptors (Lipinski definition) is 2. The van der Waals surface area contributed by atoms with Crippen molar-refractivity contribution in [3.63, 3.8) is 0 Å². The van der Waals surface area contributed by atoms with Gasteiger partial charge in [-0.3, -0.25) is 4.79 Å². The highest BCUT2D eigenvalue weighted by atomic mass is 16.5. The maximum Gasteiger partial charge on any atom is 0.251 e. The van der Waals surface area contributed by atoms with E-state index in [1.54, 1.807) is 31.4 Å². The number of likely N-dealkylation sites (N-methyl/N-ethyl adjacent to an activating group) is 1. The molecule has 0 atom stereocenters. The first-order valence-corrected chi connectivity index (χ1v) is 5.34. The number of carbonyl (C=O) groups is 1. The number of methoxy groups -OCH3 is 1. The van der Waals surface area contributed by atoms with Crippen molar-refractivity contribution in [1.29, 1.82) is 0 Å². The Morgan fingerprint density at radius 1 is 1.31 bits per heavy atom. The lowest BCUT2D eigenvalue weighted by atomic mass is 10.2. The van der Waals surface area contributed by atoms with Crippen LogP contribution in [0.25, 0.3) is 0 Å². The van der Waals surface area contributed by atoms with E-state index in [1.165, 1.54) is 4.90 Å². The molecule has 0 aliphatic carbocycles. The molecule has 0 spiro atoms. The fraction of sp³-hybridized carbons (Fsp3) is 0.417. The molecule has 1 amide bonds. The second kappa shape index (κ2) is 6.12. The molecule has 1 aromatic rings. The van der Waals surface area contributed by atoms with Crippen molar-refractivity contribution in [1.82, 2.24) is 5.32 Å². The summed E-state index contributed by atoms with van der Waals surface area (Å²) in [7, 11) is 5.72. The van der Waals surface area contributed by atoms with Gasteiger partial charge < -0.3 is 15.0 Å². The van der Waals surface area contributed by atoms with E-state index in [9.17, 15) is 4.79 Å². The summed E-state index contributed by atoms with van der Waals surface area (Å²) >= 11 is 0. The Labute approximate surface area is 96.2 Å². The van der Waals surface area contributed by atoms with Gasteiger partial charge in [0.15, 0.2) is 0 Å². The zero-order valence-corrected chi connectivity index (χ0v) is 10.0. The Bertz CT molecular complexity index is 333. The molecule has 0 heterocycles. The Morgan fingerprint density at radius 3 is 2.44 bits per heavy atom. The highest BCUT2D eigenvalue weighted by Gasteiger charge is 2.05. The van der Waals surface area contributed by atoms with Crippen molar-refractivity contribution < 1.29 is 14.4 Å². The predicted molar refractivity (Wildman–Crippen MR) is 63.0 cm³/mol. The molecule has 0 unspecified atom stereocenters. The van der Waals surface area contributed by atoms with Crippen molar-refractivity contribution in [2.45, 2.75) is 0 Å². The molecular formula is C12H19N2O2+. The van der Waals surface area contributed by atoms with Crippen LogP contribution < -0.4 is 15.0 Å². The lowest BCUT2D eigenvalue weighted by Crippen LogP contribution is -3.06. The first-order valence-electron chi connectivity index (χ1n) is 5.34. The summed E-state index contributed by atoms with van der Waals surface area (Å²) in [4.78, 5) is 13.0. The smallest absolute Gasteiger partial charge is 0.251 e. The van der Waals surface area contributed by atoms with Crippen molar-refractivity contribution >= 4 is 5.91 Å². The zero-order valence-electron chi connectivity index (χ0n) is 10.0. The molecule has 0 bridgehead atoms. The number of carbonyl (C=O) groups excluding carboxylic acids is 1. The van der Waals surface area contributed by atoms with Gasteiger partial charge in [-0.05, 0) is 24.3 Å². The van der Waals surface area contributed by atoms with E-state index in [4.69, 9.17) is 4.74 Å². The minimum Gasteiger partial charge on any atom is -0.497 e. The minimum atomic E-state index is -0.0381. The van der Waals surface area contributed by atoms with Gasteiger partial charge in [0.25, 0.3) is 5.91 Å². The van der Waals surface area contributed by atoms with Crippen molar-refractivity contribution in [2.24, 2.45) is 0 Å². The summed E-state index contributed by atoms with van der Waals surface area (Å²) in [6, 6.07) is 7.09. The standard InChI is InChI=1S/C12H18N2O2/c1-14(2)9-8-13-12(15)10-4-6-11(16-3)7-5-10/h4-7H,8-9H2,1-3H3,(H,13,15)/p+1. The Balaban J connectivity index is 2.46. The number of rotatable bonds is 5. The van der Waals surface area contributed by atoms with E-state index in [2.05, 4.69) is 19.4 Å². The second-order valence-electron chi connectivity index (χ2n) is 3.94. The van der Waals surface area contributed by atoms with Crippen LogP contribution >= 0.6 is 0 Å². The van der Waals surface area contributed by atoms with Gasteiger partial charge in [-0.25, -0.2) is 0 Å². The van der Waals surface area contributed by atoms with E-state index in [0.29, 0.717) is 12.1 Å². The molecular weight excluding hydrogens is 204 g/mol. The van der Waals surface area contributed by atoms with Gasteiger partial charge in [-0.1, -0.05) is 0 Å². The van der Waals surface area contributed by atoms with E-state index < -0.39 is 0 Å². The Morgan fingerprint density at radius 2 is 1.94 bits per heavy atom. The molecule has 1 rings (SSSR count). The van der Waals surface area contributed by atoms with Gasteiger partial charge in [0.05, 0.1) is 34.3 Å². The Hall–Kier alpha value is -1.55. The zero-order chi connectivity index (χ0) is 12.0. The number of hydrogen-bond donors (Lipinski definition) is 2. The molecule has 0 fully saturated rings. The van der Waals surface area contributed by atoms with Crippen LogP contribution in [0.5, 0.6) is 5.75 Å². The van der Waals surface area contributed by atoms with Crippen LogP contribution in [0.15, 0.2) is 24.3 Å². The summed E-state index contributed by atoms with van der Waals surface area (Å²) in [6.07, 6.45) is 0. The topological polar surface area (TPSA) is 42.8 Å². The monoisotopic (exact) mass is 223 g/mol. The molecule has 16 heavy (non-hydrogen) atoms. The summed E-state index contributed by atoms with van der Waals surface area (Å²) < 4.78 is 5.03. The van der Waals surface area contributed by atoms with E-state index in [-0.39, 0.29) is 5.91 Å². The molecule has 88 valence electrons. The highest BCUT2D eigenvalue weighted by molar-refractivity contribution is 5.94. The maximum atomic E-state index is 11.7. The van der Waals surface area contributed by atoms with Crippen LogP contribution in [0.2, 0.25) is 0 Å². The quantitative estimate of drug-likeness (QED) is 0.711. The molecule has 2 N–H and O–H groups in total. The maximum absolute atomic E-state index is 11.7. The molecule has 1 aromatic carbocycles. The average Bonchev–Trinajstić information content (AvgIpc) is 2.28. The van der Waals surface area contributed by atoms with Gasteiger partial charge >= 0.3 is 0 Å². The normalized spacial score (nSPS) is 10.2. The average molecular weight is 223 g/mol. The minimum absolute atomic E-state index is 0.0381. The van der Waals surface area contributed by atoms with Crippen molar-refractivity contribution in [3.8, 4) is 5.75 Å². The SMILES string of the molecule is COc1ccc(C(=O)NCC[NH+](C)C)cc1. The lowest BCUT2D eigenvalue weighted by molar-refractivity contribution is -0.856. The van der Waals surface area contributed by atoms with E-state index in [1.807, 2.05) is 0 Å². The van der Waals surface area contributed by atoms with Gasteiger partial charge in [-0.2, -0.15) is 0 Å². The molecule has 0 aromatic heterocycles. The van der Waals surface area contributed by atoms with Crippen LogP contribution in [-0.4, -0.2) is 40.2 Å². The van der Waals surface area contributed by atoms with E-state index in [0.717, 1.165) is 12.3 Å². The first kappa shape index (κ1) is 12.5. The molecule has 4 heteroatoms. The third-order valence-electron chi connectivity index (χ3n) is 2.26. The molecule has 0 aliphatic rings. The third-order valence-corrected chi connectivity index (χ3v) is 2.26. The van der Waals surface area contributed by atoms with Crippen LogP contribution in [0.1, 0.15) is 10.4 Å². The summed E-state index contributed by atoms with van der Waals surface area (Å²) in [5.41, 5.74) is 0.662. The van der Waals surface area contributed by atoms with Crippen LogP contribution in [0.4, 0.5) is 0 Å². The fourth-order valence-corrected chi connectivity index (χ4v) is 1.27. The van der Waals surface area contributed by atoms with Crippen LogP contribution in [-0.2, 0) is 0 Å². The number of quaternary nitrogens is 1. The van der Waals surface area contributed by atoms with Crippen molar-refractivity contribution in [3.05, 3.63) is 29.8 Å². The van der Waals surface area contributed by atoms with Crippen LogP contribution in [0.3, 0.4) is 0 Å². The van der Waals surface area contributed by atoms with Gasteiger partial charge in [0.1, 0.15) is 5.75 Å². The molecule has 0 saturated carbocycles. The van der Waals surface area contributed by atoms with E-state index >= 15 is 0 Å². The molecule has 0 aliphatic heterocycles. The Kier molecular flexibility index (Phi) is 4.79. The molecule has 0 saturated heterocycles. The summed E-state index contributed by atoms with van der Waals surface area (Å²) in [5.74, 6) is 0.721. The molecule has 4 nitrogen and oxygen atoms in total. The van der Waals surface area contributed by atoms with Crippen molar-refractivity contribution in [2.75, 3.05) is 34.3 Å². The summed E-state index contributed by atoms with van der Waals surface area (Å²) in [6.45, 7) is 1.61. The summed E-state index contributed by atoms with van der Waals surface area (Å²) in [5, 5.41) is 2.87.